The second kappa shape index (κ2) is 5.71. The van der Waals surface area contributed by atoms with Crippen LogP contribution in [0.3, 0.4) is 0 Å². The molecule has 0 bridgehead atoms. The Morgan fingerprint density at radius 3 is 2.23 bits per heavy atom. The van der Waals surface area contributed by atoms with E-state index in [4.69, 9.17) is 5.73 Å². The number of anilines is 2. The molecule has 116 valence electrons. The number of carbonyl (C=O) groups excluding carboxylic acids is 1. The first-order valence-corrected chi connectivity index (χ1v) is 6.54. The lowest BCUT2D eigenvalue weighted by Crippen LogP contribution is -2.15. The summed E-state index contributed by atoms with van der Waals surface area (Å²) in [5, 5.41) is 2.44. The highest BCUT2D eigenvalue weighted by Crippen LogP contribution is 2.35. The number of hydrogen-bond donors (Lipinski definition) is 2. The van der Waals surface area contributed by atoms with Gasteiger partial charge in [0.1, 0.15) is 0 Å². The first-order chi connectivity index (χ1) is 10.2. The molecule has 0 aliphatic heterocycles. The van der Waals surface area contributed by atoms with Crippen molar-refractivity contribution in [2.45, 2.75) is 20.0 Å². The van der Waals surface area contributed by atoms with E-state index in [0.717, 1.165) is 17.7 Å². The molecule has 22 heavy (non-hydrogen) atoms. The molecule has 0 heterocycles. The van der Waals surface area contributed by atoms with Crippen LogP contribution in [0.5, 0.6) is 0 Å². The van der Waals surface area contributed by atoms with E-state index in [9.17, 15) is 18.0 Å². The van der Waals surface area contributed by atoms with Crippen molar-refractivity contribution in [3.05, 3.63) is 58.7 Å². The Morgan fingerprint density at radius 1 is 1.09 bits per heavy atom. The topological polar surface area (TPSA) is 55.1 Å². The van der Waals surface area contributed by atoms with Crippen molar-refractivity contribution in [3.8, 4) is 0 Å². The van der Waals surface area contributed by atoms with E-state index < -0.39 is 17.6 Å². The summed E-state index contributed by atoms with van der Waals surface area (Å²) in [4.78, 5) is 12.1. The zero-order valence-corrected chi connectivity index (χ0v) is 12.1. The molecular weight excluding hydrogens is 293 g/mol. The Balaban J connectivity index is 2.34. The van der Waals surface area contributed by atoms with Crippen LogP contribution < -0.4 is 11.1 Å². The smallest absolute Gasteiger partial charge is 0.397 e. The number of nitrogens with one attached hydrogen (secondary N) is 1. The third kappa shape index (κ3) is 3.39. The van der Waals surface area contributed by atoms with Crippen LogP contribution in [0.25, 0.3) is 0 Å². The van der Waals surface area contributed by atoms with Crippen LogP contribution in [0, 0.1) is 13.8 Å². The minimum Gasteiger partial charge on any atom is -0.397 e. The molecule has 1 amide bonds. The van der Waals surface area contributed by atoms with Gasteiger partial charge < -0.3 is 11.1 Å². The second-order valence-electron chi connectivity index (χ2n) is 5.07. The Kier molecular flexibility index (Phi) is 4.12. The molecule has 0 fully saturated rings. The van der Waals surface area contributed by atoms with Gasteiger partial charge in [-0.25, -0.2) is 0 Å². The van der Waals surface area contributed by atoms with E-state index in [2.05, 4.69) is 5.32 Å². The molecule has 0 radical (unpaired) electrons. The van der Waals surface area contributed by atoms with Gasteiger partial charge in [-0.1, -0.05) is 17.7 Å². The lowest BCUT2D eigenvalue weighted by atomic mass is 10.1. The van der Waals surface area contributed by atoms with E-state index in [0.29, 0.717) is 5.56 Å². The fourth-order valence-electron chi connectivity index (χ4n) is 1.96. The van der Waals surface area contributed by atoms with Gasteiger partial charge in [-0.2, -0.15) is 13.2 Å². The van der Waals surface area contributed by atoms with Crippen molar-refractivity contribution in [1.82, 2.24) is 0 Å². The van der Waals surface area contributed by atoms with Gasteiger partial charge in [0.25, 0.3) is 5.91 Å². The summed E-state index contributed by atoms with van der Waals surface area (Å²) in [6.45, 7) is 3.34. The van der Waals surface area contributed by atoms with Gasteiger partial charge in [0.05, 0.1) is 16.9 Å². The van der Waals surface area contributed by atoms with Crippen LogP contribution in [-0.4, -0.2) is 5.91 Å². The first kappa shape index (κ1) is 15.9. The van der Waals surface area contributed by atoms with Gasteiger partial charge in [0.2, 0.25) is 0 Å². The van der Waals surface area contributed by atoms with Crippen LogP contribution in [-0.2, 0) is 6.18 Å². The Bertz CT molecular complexity index is 707. The predicted molar refractivity (Wildman–Crippen MR) is 79.7 cm³/mol. The predicted octanol–water partition coefficient (Wildman–Crippen LogP) is 4.16. The summed E-state index contributed by atoms with van der Waals surface area (Å²) >= 11 is 0. The molecule has 3 nitrogen and oxygen atoms in total. The fourth-order valence-corrected chi connectivity index (χ4v) is 1.96. The average Bonchev–Trinajstić information content (AvgIpc) is 2.43. The SMILES string of the molecule is Cc1ccc(C(=O)Nc2cc(C(F)(F)F)cc(C)c2N)cc1. The molecule has 0 spiro atoms. The van der Waals surface area contributed by atoms with Gasteiger partial charge in [0.15, 0.2) is 0 Å². The van der Waals surface area contributed by atoms with Crippen molar-refractivity contribution in [1.29, 1.82) is 0 Å². The van der Waals surface area contributed by atoms with Gasteiger partial charge in [-0.05, 0) is 43.7 Å². The highest BCUT2D eigenvalue weighted by molar-refractivity contribution is 6.06. The number of benzene rings is 2. The molecule has 6 heteroatoms. The molecular formula is C16H15F3N2O. The summed E-state index contributed by atoms with van der Waals surface area (Å²) in [5.74, 6) is -0.509. The van der Waals surface area contributed by atoms with Crippen LogP contribution in [0.15, 0.2) is 36.4 Å². The Hall–Kier alpha value is -2.50. The number of aryl methyl sites for hydroxylation is 2. The summed E-state index contributed by atoms with van der Waals surface area (Å²) in [7, 11) is 0. The number of hydrogen-bond acceptors (Lipinski definition) is 2. The molecule has 0 aliphatic carbocycles. The standard InChI is InChI=1S/C16H15F3N2O/c1-9-3-5-11(6-4-9)15(22)21-13-8-12(16(17,18)19)7-10(2)14(13)20/h3-8H,20H2,1-2H3,(H,21,22). The van der Waals surface area contributed by atoms with E-state index in [1.54, 1.807) is 24.3 Å². The molecule has 0 aliphatic rings. The number of carbonyl (C=O) groups is 1. The summed E-state index contributed by atoms with van der Waals surface area (Å²) in [5.41, 5.74) is 6.57. The highest BCUT2D eigenvalue weighted by Gasteiger charge is 2.31. The van der Waals surface area contributed by atoms with Crippen LogP contribution in [0.4, 0.5) is 24.5 Å². The van der Waals surface area contributed by atoms with Crippen molar-refractivity contribution in [2.75, 3.05) is 11.1 Å². The zero-order chi connectivity index (χ0) is 16.5. The molecule has 2 aromatic carbocycles. The molecule has 0 atom stereocenters. The van der Waals surface area contributed by atoms with Crippen LogP contribution >= 0.6 is 0 Å². The van der Waals surface area contributed by atoms with Gasteiger partial charge >= 0.3 is 6.18 Å². The first-order valence-electron chi connectivity index (χ1n) is 6.54. The normalized spacial score (nSPS) is 11.3. The molecule has 0 unspecified atom stereocenters. The van der Waals surface area contributed by atoms with Crippen LogP contribution in [0.2, 0.25) is 0 Å². The number of halogens is 3. The quantitative estimate of drug-likeness (QED) is 0.819. The van der Waals surface area contributed by atoms with E-state index in [1.807, 2.05) is 6.92 Å². The van der Waals surface area contributed by atoms with Crippen molar-refractivity contribution in [3.63, 3.8) is 0 Å². The van der Waals surface area contributed by atoms with Crippen molar-refractivity contribution in [2.24, 2.45) is 0 Å². The number of amides is 1. The Morgan fingerprint density at radius 2 is 1.68 bits per heavy atom. The van der Waals surface area contributed by atoms with Crippen molar-refractivity contribution >= 4 is 17.3 Å². The summed E-state index contributed by atoms with van der Waals surface area (Å²) < 4.78 is 38.5. The highest BCUT2D eigenvalue weighted by atomic mass is 19.4. The largest absolute Gasteiger partial charge is 0.416 e. The lowest BCUT2D eigenvalue weighted by molar-refractivity contribution is -0.137. The molecule has 0 saturated carbocycles. The minimum absolute atomic E-state index is 0.0436. The molecule has 3 N–H and O–H groups in total. The maximum atomic E-state index is 12.8. The second-order valence-corrected chi connectivity index (χ2v) is 5.07. The average molecular weight is 308 g/mol. The number of nitrogens with two attached hydrogens (primary N) is 1. The van der Waals surface area contributed by atoms with Gasteiger partial charge in [-0.15, -0.1) is 0 Å². The fraction of sp³-hybridized carbons (Fsp3) is 0.188. The van der Waals surface area contributed by atoms with E-state index in [-0.39, 0.29) is 16.9 Å². The van der Waals surface area contributed by atoms with Gasteiger partial charge in [-0.3, -0.25) is 4.79 Å². The minimum atomic E-state index is -4.50. The van der Waals surface area contributed by atoms with E-state index in [1.165, 1.54) is 6.92 Å². The number of alkyl halides is 3. The van der Waals surface area contributed by atoms with Crippen LogP contribution in [0.1, 0.15) is 27.0 Å². The molecule has 2 rings (SSSR count). The van der Waals surface area contributed by atoms with E-state index >= 15 is 0 Å². The molecule has 0 aromatic heterocycles. The monoisotopic (exact) mass is 308 g/mol. The van der Waals surface area contributed by atoms with Crippen molar-refractivity contribution < 1.29 is 18.0 Å². The van der Waals surface area contributed by atoms with Gasteiger partial charge in [0, 0.05) is 5.56 Å². The maximum absolute atomic E-state index is 12.8. The number of nitrogen functional groups attached to an aromatic ring is 1. The Labute approximate surface area is 125 Å². The third-order valence-electron chi connectivity index (χ3n) is 3.28. The third-order valence-corrected chi connectivity index (χ3v) is 3.28. The summed E-state index contributed by atoms with van der Waals surface area (Å²) in [6, 6.07) is 8.49. The maximum Gasteiger partial charge on any atom is 0.416 e. The molecule has 2 aromatic rings. The number of rotatable bonds is 2. The molecule has 0 saturated heterocycles. The zero-order valence-electron chi connectivity index (χ0n) is 12.1. The lowest BCUT2D eigenvalue weighted by Gasteiger charge is -2.15. The summed E-state index contributed by atoms with van der Waals surface area (Å²) in [6.07, 6.45) is -4.50.